The molecule has 0 saturated heterocycles. The summed E-state index contributed by atoms with van der Waals surface area (Å²) in [7, 11) is 0. The van der Waals surface area contributed by atoms with Gasteiger partial charge in [0.15, 0.2) is 0 Å². The number of furan rings is 1. The Morgan fingerprint density at radius 3 is 2.56 bits per heavy atom. The van der Waals surface area contributed by atoms with Gasteiger partial charge in [-0.1, -0.05) is 36.8 Å². The molecule has 1 aromatic carbocycles. The molecule has 0 aliphatic heterocycles. The topological polar surface area (TPSA) is 51.2 Å². The van der Waals surface area contributed by atoms with E-state index in [0.29, 0.717) is 0 Å². The van der Waals surface area contributed by atoms with Crippen LogP contribution in [0.5, 0.6) is 0 Å². The Kier molecular flexibility index (Phi) is 4.18. The average Bonchev–Trinajstić information content (AvgIpc) is 2.86. The fourth-order valence-corrected chi connectivity index (χ4v) is 2.17. The molecule has 1 heterocycles. The highest BCUT2D eigenvalue weighted by Gasteiger charge is 2.16. The van der Waals surface area contributed by atoms with E-state index in [-0.39, 0.29) is 6.04 Å². The second-order valence-corrected chi connectivity index (χ2v) is 4.56. The highest BCUT2D eigenvalue weighted by atomic mass is 16.3. The molecule has 1 atom stereocenters. The Hall–Kier alpha value is -1.58. The van der Waals surface area contributed by atoms with Crippen molar-refractivity contribution >= 4 is 0 Å². The lowest BCUT2D eigenvalue weighted by Crippen LogP contribution is -2.29. The first-order chi connectivity index (χ1) is 8.74. The first-order valence-corrected chi connectivity index (χ1v) is 6.32. The van der Waals surface area contributed by atoms with Gasteiger partial charge in [-0.15, -0.1) is 0 Å². The number of hydrogen-bond donors (Lipinski definition) is 2. The van der Waals surface area contributed by atoms with Crippen molar-refractivity contribution in [3.05, 3.63) is 59.0 Å². The normalized spacial score (nSPS) is 12.6. The molecule has 96 valence electrons. The lowest BCUT2D eigenvalue weighted by atomic mass is 9.98. The molecule has 3 heteroatoms. The van der Waals surface area contributed by atoms with Gasteiger partial charge in [-0.3, -0.25) is 11.3 Å². The highest BCUT2D eigenvalue weighted by molar-refractivity contribution is 5.27. The van der Waals surface area contributed by atoms with Crippen molar-refractivity contribution in [2.45, 2.75) is 32.7 Å². The van der Waals surface area contributed by atoms with Crippen molar-refractivity contribution in [2.75, 3.05) is 0 Å². The van der Waals surface area contributed by atoms with Crippen molar-refractivity contribution in [3.8, 4) is 0 Å². The van der Waals surface area contributed by atoms with E-state index in [2.05, 4.69) is 43.5 Å². The van der Waals surface area contributed by atoms with Crippen molar-refractivity contribution < 1.29 is 4.42 Å². The molecule has 1 unspecified atom stereocenters. The van der Waals surface area contributed by atoms with E-state index in [0.717, 1.165) is 24.2 Å². The molecule has 2 aromatic rings. The molecule has 0 fully saturated rings. The van der Waals surface area contributed by atoms with Crippen LogP contribution in [-0.2, 0) is 12.8 Å². The lowest BCUT2D eigenvalue weighted by molar-refractivity contribution is 0.487. The molecule has 2 rings (SSSR count). The third kappa shape index (κ3) is 2.81. The molecule has 0 bridgehead atoms. The van der Waals surface area contributed by atoms with Crippen molar-refractivity contribution in [1.82, 2.24) is 5.43 Å². The SMILES string of the molecule is CCc1occc1C(Cc1ccc(C)cc1)NN. The second-order valence-electron chi connectivity index (χ2n) is 4.56. The smallest absolute Gasteiger partial charge is 0.108 e. The molecule has 3 N–H and O–H groups in total. The standard InChI is InChI=1S/C15H20N2O/c1-3-15-13(8-9-18-15)14(17-16)10-12-6-4-11(2)5-7-12/h4-9,14,17H,3,10,16H2,1-2H3. The molecular weight excluding hydrogens is 224 g/mol. The Balaban J connectivity index is 2.17. The molecule has 0 aliphatic rings. The van der Waals surface area contributed by atoms with Crippen LogP contribution in [-0.4, -0.2) is 0 Å². The Morgan fingerprint density at radius 2 is 1.94 bits per heavy atom. The van der Waals surface area contributed by atoms with E-state index in [1.165, 1.54) is 11.1 Å². The fraction of sp³-hybridized carbons (Fsp3) is 0.333. The van der Waals surface area contributed by atoms with Crippen molar-refractivity contribution in [2.24, 2.45) is 5.84 Å². The molecule has 0 saturated carbocycles. The Labute approximate surface area is 108 Å². The summed E-state index contributed by atoms with van der Waals surface area (Å²) in [6.07, 6.45) is 3.48. The van der Waals surface area contributed by atoms with Crippen LogP contribution in [0.25, 0.3) is 0 Å². The summed E-state index contributed by atoms with van der Waals surface area (Å²) < 4.78 is 5.46. The van der Waals surface area contributed by atoms with Crippen LogP contribution in [0.4, 0.5) is 0 Å². The fourth-order valence-electron chi connectivity index (χ4n) is 2.17. The van der Waals surface area contributed by atoms with Gasteiger partial charge in [0.25, 0.3) is 0 Å². The van der Waals surface area contributed by atoms with Crippen LogP contribution in [0.2, 0.25) is 0 Å². The number of rotatable bonds is 5. The van der Waals surface area contributed by atoms with Gasteiger partial charge in [-0.25, -0.2) is 0 Å². The Morgan fingerprint density at radius 1 is 1.22 bits per heavy atom. The molecule has 0 radical (unpaired) electrons. The van der Waals surface area contributed by atoms with Crippen LogP contribution in [0.15, 0.2) is 41.0 Å². The lowest BCUT2D eigenvalue weighted by Gasteiger charge is -2.16. The zero-order valence-corrected chi connectivity index (χ0v) is 10.9. The van der Waals surface area contributed by atoms with Crippen molar-refractivity contribution in [3.63, 3.8) is 0 Å². The van der Waals surface area contributed by atoms with E-state index in [9.17, 15) is 0 Å². The number of nitrogens with one attached hydrogen (secondary N) is 1. The summed E-state index contributed by atoms with van der Waals surface area (Å²) in [6, 6.07) is 10.6. The van der Waals surface area contributed by atoms with Gasteiger partial charge in [-0.2, -0.15) is 0 Å². The first-order valence-electron chi connectivity index (χ1n) is 6.32. The van der Waals surface area contributed by atoms with E-state index in [4.69, 9.17) is 10.3 Å². The zero-order chi connectivity index (χ0) is 13.0. The van der Waals surface area contributed by atoms with Gasteiger partial charge in [0.2, 0.25) is 0 Å². The highest BCUT2D eigenvalue weighted by Crippen LogP contribution is 2.23. The zero-order valence-electron chi connectivity index (χ0n) is 10.9. The maximum atomic E-state index is 5.67. The van der Waals surface area contributed by atoms with Gasteiger partial charge >= 0.3 is 0 Å². The third-order valence-electron chi connectivity index (χ3n) is 3.24. The minimum absolute atomic E-state index is 0.0985. The van der Waals surface area contributed by atoms with E-state index >= 15 is 0 Å². The van der Waals surface area contributed by atoms with Gasteiger partial charge < -0.3 is 4.42 Å². The van der Waals surface area contributed by atoms with Gasteiger partial charge in [0.05, 0.1) is 12.3 Å². The number of hydrazine groups is 1. The molecule has 18 heavy (non-hydrogen) atoms. The summed E-state index contributed by atoms with van der Waals surface area (Å²) >= 11 is 0. The van der Waals surface area contributed by atoms with Crippen LogP contribution < -0.4 is 11.3 Å². The molecule has 0 aliphatic carbocycles. The van der Waals surface area contributed by atoms with Crippen LogP contribution >= 0.6 is 0 Å². The van der Waals surface area contributed by atoms with E-state index < -0.39 is 0 Å². The van der Waals surface area contributed by atoms with E-state index in [1.54, 1.807) is 6.26 Å². The minimum Gasteiger partial charge on any atom is -0.469 e. The number of hydrogen-bond acceptors (Lipinski definition) is 3. The summed E-state index contributed by atoms with van der Waals surface area (Å²) in [5.74, 6) is 6.68. The number of nitrogens with two attached hydrogens (primary N) is 1. The molecule has 0 amide bonds. The number of aryl methyl sites for hydroxylation is 2. The largest absolute Gasteiger partial charge is 0.469 e. The number of benzene rings is 1. The first kappa shape index (κ1) is 12.9. The summed E-state index contributed by atoms with van der Waals surface area (Å²) in [5, 5.41) is 0. The molecular formula is C15H20N2O. The quantitative estimate of drug-likeness (QED) is 0.628. The summed E-state index contributed by atoms with van der Waals surface area (Å²) in [6.45, 7) is 4.18. The monoisotopic (exact) mass is 244 g/mol. The van der Waals surface area contributed by atoms with Crippen LogP contribution in [0.3, 0.4) is 0 Å². The van der Waals surface area contributed by atoms with Crippen LogP contribution in [0.1, 0.15) is 35.4 Å². The predicted octanol–water partition coefficient (Wildman–Crippen LogP) is 2.90. The molecule has 3 nitrogen and oxygen atoms in total. The second kappa shape index (κ2) is 5.85. The Bertz CT molecular complexity index is 487. The summed E-state index contributed by atoms with van der Waals surface area (Å²) in [4.78, 5) is 0. The molecule has 1 aromatic heterocycles. The van der Waals surface area contributed by atoms with Crippen molar-refractivity contribution in [1.29, 1.82) is 0 Å². The van der Waals surface area contributed by atoms with Gasteiger partial charge in [-0.05, 0) is 25.0 Å². The maximum absolute atomic E-state index is 5.67. The molecule has 0 spiro atoms. The van der Waals surface area contributed by atoms with Gasteiger partial charge in [0, 0.05) is 12.0 Å². The maximum Gasteiger partial charge on any atom is 0.108 e. The van der Waals surface area contributed by atoms with Gasteiger partial charge in [0.1, 0.15) is 5.76 Å². The van der Waals surface area contributed by atoms with E-state index in [1.807, 2.05) is 6.07 Å². The minimum atomic E-state index is 0.0985. The summed E-state index contributed by atoms with van der Waals surface area (Å²) in [5.41, 5.74) is 6.58. The predicted molar refractivity (Wildman–Crippen MR) is 73.0 cm³/mol. The third-order valence-corrected chi connectivity index (χ3v) is 3.24. The average molecular weight is 244 g/mol. The van der Waals surface area contributed by atoms with Crippen LogP contribution in [0, 0.1) is 6.92 Å².